The van der Waals surface area contributed by atoms with Crippen molar-refractivity contribution in [1.29, 1.82) is 0 Å². The van der Waals surface area contributed by atoms with Crippen molar-refractivity contribution < 1.29 is 0 Å². The summed E-state index contributed by atoms with van der Waals surface area (Å²) < 4.78 is 0. The Labute approximate surface area is 166 Å². The van der Waals surface area contributed by atoms with Crippen LogP contribution in [0.5, 0.6) is 0 Å². The van der Waals surface area contributed by atoms with Crippen LogP contribution >= 0.6 is 0 Å². The summed E-state index contributed by atoms with van der Waals surface area (Å²) in [6.07, 6.45) is 4.75. The average Bonchev–Trinajstić information content (AvgIpc) is 3.12. The van der Waals surface area contributed by atoms with Crippen LogP contribution < -0.4 is 15.5 Å². The van der Waals surface area contributed by atoms with E-state index in [4.69, 9.17) is 15.7 Å². The molecule has 0 atom stereocenters. The van der Waals surface area contributed by atoms with E-state index in [1.807, 2.05) is 6.20 Å². The van der Waals surface area contributed by atoms with Gasteiger partial charge in [0.05, 0.1) is 6.20 Å². The first-order valence-electron chi connectivity index (χ1n) is 10.1. The molecule has 2 aromatic heterocycles. The smallest absolute Gasteiger partial charge is 0.183 e. The molecule has 0 bridgehead atoms. The molecule has 7 heteroatoms. The highest BCUT2D eigenvalue weighted by molar-refractivity contribution is 5.87. The van der Waals surface area contributed by atoms with Crippen LogP contribution in [0, 0.1) is 0 Å². The van der Waals surface area contributed by atoms with Crippen LogP contribution in [-0.4, -0.2) is 45.3 Å². The number of para-hydroxylation sites is 1. The van der Waals surface area contributed by atoms with E-state index in [1.54, 1.807) is 0 Å². The fourth-order valence-corrected chi connectivity index (χ4v) is 3.87. The fourth-order valence-electron chi connectivity index (χ4n) is 3.87. The molecule has 4 rings (SSSR count). The zero-order valence-electron chi connectivity index (χ0n) is 16.9. The molecule has 3 aromatic rings. The number of nitrogens with zero attached hydrogens (tertiary/aromatic N) is 5. The van der Waals surface area contributed by atoms with Gasteiger partial charge in [-0.05, 0) is 44.7 Å². The van der Waals surface area contributed by atoms with E-state index in [1.165, 1.54) is 11.3 Å². The molecular weight excluding hydrogens is 350 g/mol. The predicted octanol–water partition coefficient (Wildman–Crippen LogP) is 3.39. The molecule has 0 spiro atoms. The zero-order valence-corrected chi connectivity index (χ0v) is 16.9. The Kier molecular flexibility index (Phi) is 4.93. The molecule has 0 radical (unpaired) electrons. The molecule has 7 nitrogen and oxygen atoms in total. The van der Waals surface area contributed by atoms with E-state index >= 15 is 0 Å². The number of aromatic nitrogens is 4. The molecule has 28 heavy (non-hydrogen) atoms. The second-order valence-corrected chi connectivity index (χ2v) is 7.84. The number of nitrogens with one attached hydrogen (secondary N) is 1. The van der Waals surface area contributed by atoms with E-state index in [2.05, 4.69) is 65.0 Å². The summed E-state index contributed by atoms with van der Waals surface area (Å²) in [6.45, 7) is 9.03. The van der Waals surface area contributed by atoms with Gasteiger partial charge >= 0.3 is 0 Å². The van der Waals surface area contributed by atoms with Crippen LogP contribution in [-0.2, 0) is 6.42 Å². The van der Waals surface area contributed by atoms with Crippen molar-refractivity contribution in [3.63, 3.8) is 0 Å². The second-order valence-electron chi connectivity index (χ2n) is 7.84. The lowest BCUT2D eigenvalue weighted by Crippen LogP contribution is -2.48. The van der Waals surface area contributed by atoms with Crippen molar-refractivity contribution >= 4 is 28.5 Å². The summed E-state index contributed by atoms with van der Waals surface area (Å²) in [4.78, 5) is 14.0. The van der Waals surface area contributed by atoms with Crippen LogP contribution in [0.15, 0.2) is 30.5 Å². The second kappa shape index (κ2) is 7.39. The summed E-state index contributed by atoms with van der Waals surface area (Å²) in [5.41, 5.74) is 10.2. The van der Waals surface area contributed by atoms with Crippen molar-refractivity contribution in [3.05, 3.63) is 36.0 Å². The molecule has 3 N–H and O–H groups in total. The van der Waals surface area contributed by atoms with Crippen LogP contribution in [0.25, 0.3) is 11.2 Å². The number of benzene rings is 1. The van der Waals surface area contributed by atoms with Crippen LogP contribution in [0.1, 0.15) is 39.2 Å². The number of piperidine rings is 1. The maximum Gasteiger partial charge on any atom is 0.183 e. The minimum Gasteiger partial charge on any atom is -0.355 e. The maximum atomic E-state index is 6.26. The zero-order chi connectivity index (χ0) is 19.7. The summed E-state index contributed by atoms with van der Waals surface area (Å²) >= 11 is 0. The molecule has 3 heterocycles. The molecule has 1 aromatic carbocycles. The van der Waals surface area contributed by atoms with Gasteiger partial charge in [-0.15, -0.1) is 0 Å². The Morgan fingerprint density at radius 1 is 1.21 bits per heavy atom. The number of hydrogen-bond acceptors (Lipinski definition) is 6. The standard InChI is InChI=1S/C21H29N7/c1-4-15-8-6-7-9-16(15)28(5-2)20-18-19(25-26-20)24-17(14-23-18)27-12-10-21(3,22)11-13-27/h6-9,14H,4-5,10-13,22H2,1-3H3,(H,24,25,26). The van der Waals surface area contributed by atoms with Crippen LogP contribution in [0.2, 0.25) is 0 Å². The number of rotatable bonds is 5. The van der Waals surface area contributed by atoms with Crippen molar-refractivity contribution in [2.45, 2.75) is 45.6 Å². The van der Waals surface area contributed by atoms with Crippen LogP contribution in [0.3, 0.4) is 0 Å². The van der Waals surface area contributed by atoms with Gasteiger partial charge in [-0.25, -0.2) is 9.97 Å². The first-order chi connectivity index (χ1) is 13.5. The predicted molar refractivity (Wildman–Crippen MR) is 114 cm³/mol. The van der Waals surface area contributed by atoms with E-state index in [0.29, 0.717) is 0 Å². The van der Waals surface area contributed by atoms with Crippen molar-refractivity contribution in [1.82, 2.24) is 20.2 Å². The third-order valence-electron chi connectivity index (χ3n) is 5.70. The minimum absolute atomic E-state index is 0.0799. The van der Waals surface area contributed by atoms with Gasteiger partial charge in [0.15, 0.2) is 17.0 Å². The van der Waals surface area contributed by atoms with Crippen molar-refractivity contribution in [3.8, 4) is 0 Å². The topological polar surface area (TPSA) is 87.0 Å². The third-order valence-corrected chi connectivity index (χ3v) is 5.70. The molecular formula is C21H29N7. The Balaban J connectivity index is 1.66. The highest BCUT2D eigenvalue weighted by Gasteiger charge is 2.27. The molecule has 1 saturated heterocycles. The van der Waals surface area contributed by atoms with Gasteiger partial charge in [0.1, 0.15) is 5.82 Å². The van der Waals surface area contributed by atoms with E-state index < -0.39 is 0 Å². The number of fused-ring (bicyclic) bond motifs is 1. The summed E-state index contributed by atoms with van der Waals surface area (Å²) in [5, 5.41) is 7.65. The molecule has 1 aliphatic heterocycles. The minimum atomic E-state index is -0.0799. The summed E-state index contributed by atoms with van der Waals surface area (Å²) in [5.74, 6) is 1.71. The molecule has 0 aliphatic carbocycles. The summed E-state index contributed by atoms with van der Waals surface area (Å²) in [6, 6.07) is 8.45. The van der Waals surface area contributed by atoms with E-state index in [9.17, 15) is 0 Å². The Bertz CT molecular complexity index is 952. The Hall–Kier alpha value is -2.67. The maximum absolute atomic E-state index is 6.26. The van der Waals surface area contributed by atoms with Gasteiger partial charge < -0.3 is 15.5 Å². The van der Waals surface area contributed by atoms with Gasteiger partial charge in [0.25, 0.3) is 0 Å². The highest BCUT2D eigenvalue weighted by Crippen LogP contribution is 2.32. The number of aryl methyl sites for hydroxylation is 1. The number of nitrogens with two attached hydrogens (primary N) is 1. The Morgan fingerprint density at radius 2 is 1.96 bits per heavy atom. The monoisotopic (exact) mass is 379 g/mol. The third kappa shape index (κ3) is 3.42. The molecule has 1 aliphatic rings. The highest BCUT2D eigenvalue weighted by atomic mass is 15.3. The first kappa shape index (κ1) is 18.7. The van der Waals surface area contributed by atoms with Gasteiger partial charge in [0, 0.05) is 30.9 Å². The number of aromatic amines is 1. The van der Waals surface area contributed by atoms with Crippen molar-refractivity contribution in [2.24, 2.45) is 5.73 Å². The number of hydrogen-bond donors (Lipinski definition) is 2. The number of H-pyrrole nitrogens is 1. The van der Waals surface area contributed by atoms with Gasteiger partial charge in [-0.2, -0.15) is 5.10 Å². The largest absolute Gasteiger partial charge is 0.355 e. The van der Waals surface area contributed by atoms with E-state index in [-0.39, 0.29) is 5.54 Å². The Morgan fingerprint density at radius 3 is 2.68 bits per heavy atom. The normalized spacial score (nSPS) is 16.5. The molecule has 1 fully saturated rings. The lowest BCUT2D eigenvalue weighted by Gasteiger charge is -2.37. The number of anilines is 3. The van der Waals surface area contributed by atoms with Gasteiger partial charge in [0.2, 0.25) is 0 Å². The quantitative estimate of drug-likeness (QED) is 0.707. The fraction of sp³-hybridized carbons (Fsp3) is 0.476. The lowest BCUT2D eigenvalue weighted by molar-refractivity contribution is 0.363. The molecule has 0 unspecified atom stereocenters. The average molecular weight is 380 g/mol. The van der Waals surface area contributed by atoms with Crippen LogP contribution in [0.4, 0.5) is 17.3 Å². The molecule has 0 amide bonds. The lowest BCUT2D eigenvalue weighted by atomic mass is 9.91. The molecule has 0 saturated carbocycles. The SMILES string of the molecule is CCc1ccccc1N(CC)c1n[nH]c2nc(N3CCC(C)(N)CC3)cnc12. The van der Waals surface area contributed by atoms with E-state index in [0.717, 1.165) is 61.7 Å². The van der Waals surface area contributed by atoms with Gasteiger partial charge in [-0.1, -0.05) is 25.1 Å². The molecule has 148 valence electrons. The van der Waals surface area contributed by atoms with Gasteiger partial charge in [-0.3, -0.25) is 5.10 Å². The first-order valence-corrected chi connectivity index (χ1v) is 10.1. The summed E-state index contributed by atoms with van der Waals surface area (Å²) in [7, 11) is 0. The van der Waals surface area contributed by atoms with Crippen molar-refractivity contribution in [2.75, 3.05) is 29.4 Å².